The maximum atomic E-state index is 5.41. The summed E-state index contributed by atoms with van der Waals surface area (Å²) in [4.78, 5) is 6.79. The van der Waals surface area contributed by atoms with E-state index in [0.717, 1.165) is 43.4 Å². The van der Waals surface area contributed by atoms with Crippen molar-refractivity contribution < 1.29 is 9.47 Å². The van der Waals surface area contributed by atoms with Crippen molar-refractivity contribution in [1.82, 2.24) is 15.2 Å². The molecule has 2 rings (SSSR count). The maximum absolute atomic E-state index is 5.41. The van der Waals surface area contributed by atoms with Gasteiger partial charge in [0.25, 0.3) is 0 Å². The molecular weight excluding hydrogens is 230 g/mol. The second-order valence-corrected chi connectivity index (χ2v) is 4.58. The van der Waals surface area contributed by atoms with Crippen LogP contribution in [-0.2, 0) is 6.54 Å². The monoisotopic (exact) mass is 251 g/mol. The fraction of sp³-hybridized carbons (Fsp3) is 0.615. The lowest BCUT2D eigenvalue weighted by Gasteiger charge is -2.31. The molecule has 0 amide bonds. The van der Waals surface area contributed by atoms with Crippen molar-refractivity contribution in [3.05, 3.63) is 18.0 Å². The van der Waals surface area contributed by atoms with Crippen molar-refractivity contribution in [3.63, 3.8) is 0 Å². The van der Waals surface area contributed by atoms with Gasteiger partial charge in [0.2, 0.25) is 0 Å². The molecule has 1 fully saturated rings. The average molecular weight is 251 g/mol. The van der Waals surface area contributed by atoms with Gasteiger partial charge < -0.3 is 14.8 Å². The Morgan fingerprint density at radius 3 is 2.94 bits per heavy atom. The largest absolute Gasteiger partial charge is 0.493 e. The van der Waals surface area contributed by atoms with Gasteiger partial charge in [0.15, 0.2) is 11.5 Å². The Kier molecular flexibility index (Phi) is 4.38. The highest BCUT2D eigenvalue weighted by molar-refractivity contribution is 5.42. The van der Waals surface area contributed by atoms with E-state index in [1.54, 1.807) is 20.4 Å². The summed E-state index contributed by atoms with van der Waals surface area (Å²) in [5.74, 6) is 1.48. The summed E-state index contributed by atoms with van der Waals surface area (Å²) in [5, 5.41) is 3.43. The average Bonchev–Trinajstić information content (AvgIpc) is 2.38. The number of nitrogens with one attached hydrogen (secondary N) is 1. The number of hydrogen-bond acceptors (Lipinski definition) is 5. The Morgan fingerprint density at radius 1 is 1.44 bits per heavy atom. The van der Waals surface area contributed by atoms with Gasteiger partial charge in [0.05, 0.1) is 14.2 Å². The zero-order chi connectivity index (χ0) is 13.0. The van der Waals surface area contributed by atoms with Crippen LogP contribution in [0.15, 0.2) is 12.3 Å². The van der Waals surface area contributed by atoms with Crippen LogP contribution in [0.2, 0.25) is 0 Å². The molecule has 1 saturated heterocycles. The third kappa shape index (κ3) is 2.91. The van der Waals surface area contributed by atoms with E-state index >= 15 is 0 Å². The number of ether oxygens (including phenoxy) is 2. The highest BCUT2D eigenvalue weighted by Crippen LogP contribution is 2.29. The van der Waals surface area contributed by atoms with Crippen molar-refractivity contribution in [1.29, 1.82) is 0 Å². The molecule has 0 radical (unpaired) electrons. The predicted octanol–water partition coefficient (Wildman–Crippen LogP) is 0.892. The molecule has 1 atom stereocenters. The zero-order valence-electron chi connectivity index (χ0n) is 11.3. The molecule has 1 N–H and O–H groups in total. The normalized spacial score (nSPS) is 20.7. The Labute approximate surface area is 108 Å². The van der Waals surface area contributed by atoms with Gasteiger partial charge in [-0.1, -0.05) is 0 Å². The Hall–Kier alpha value is -1.33. The van der Waals surface area contributed by atoms with Crippen molar-refractivity contribution in [2.45, 2.75) is 19.5 Å². The van der Waals surface area contributed by atoms with Gasteiger partial charge >= 0.3 is 0 Å². The molecule has 1 aromatic rings. The molecule has 0 bridgehead atoms. The van der Waals surface area contributed by atoms with Crippen LogP contribution in [-0.4, -0.2) is 49.8 Å². The van der Waals surface area contributed by atoms with Gasteiger partial charge in [-0.05, 0) is 6.92 Å². The SMILES string of the molecule is COc1ccnc(CN2CCN[C@H](C)C2)c1OC. The molecule has 0 unspecified atom stereocenters. The number of piperazine rings is 1. The van der Waals surface area contributed by atoms with Crippen LogP contribution in [0.4, 0.5) is 0 Å². The molecule has 0 aliphatic carbocycles. The number of pyridine rings is 1. The van der Waals surface area contributed by atoms with Crippen molar-refractivity contribution in [2.24, 2.45) is 0 Å². The first-order valence-electron chi connectivity index (χ1n) is 6.26. The van der Waals surface area contributed by atoms with E-state index in [4.69, 9.17) is 9.47 Å². The maximum Gasteiger partial charge on any atom is 0.183 e. The topological polar surface area (TPSA) is 46.6 Å². The lowest BCUT2D eigenvalue weighted by molar-refractivity contribution is 0.194. The van der Waals surface area contributed by atoms with E-state index in [9.17, 15) is 0 Å². The van der Waals surface area contributed by atoms with Gasteiger partial charge in [-0.25, -0.2) is 0 Å². The summed E-state index contributed by atoms with van der Waals surface area (Å²) in [6.45, 7) is 6.08. The van der Waals surface area contributed by atoms with E-state index in [-0.39, 0.29) is 0 Å². The summed E-state index contributed by atoms with van der Waals surface area (Å²) in [6, 6.07) is 2.35. The van der Waals surface area contributed by atoms with Crippen LogP contribution in [0, 0.1) is 0 Å². The molecule has 5 nitrogen and oxygen atoms in total. The molecule has 1 aliphatic heterocycles. The Bertz CT molecular complexity index is 398. The van der Waals surface area contributed by atoms with Crippen LogP contribution >= 0.6 is 0 Å². The summed E-state index contributed by atoms with van der Waals surface area (Å²) in [7, 11) is 3.30. The highest BCUT2D eigenvalue weighted by Gasteiger charge is 2.19. The third-order valence-electron chi connectivity index (χ3n) is 3.19. The summed E-state index contributed by atoms with van der Waals surface area (Å²) >= 11 is 0. The number of aromatic nitrogens is 1. The van der Waals surface area contributed by atoms with Crippen LogP contribution in [0.5, 0.6) is 11.5 Å². The lowest BCUT2D eigenvalue weighted by atomic mass is 10.2. The van der Waals surface area contributed by atoms with E-state index < -0.39 is 0 Å². The van der Waals surface area contributed by atoms with Crippen molar-refractivity contribution in [2.75, 3.05) is 33.9 Å². The summed E-state index contributed by atoms with van der Waals surface area (Å²) < 4.78 is 10.7. The number of rotatable bonds is 4. The first kappa shape index (κ1) is 13.1. The number of hydrogen-bond donors (Lipinski definition) is 1. The molecule has 100 valence electrons. The fourth-order valence-corrected chi connectivity index (χ4v) is 2.33. The van der Waals surface area contributed by atoms with Crippen LogP contribution in [0.1, 0.15) is 12.6 Å². The molecule has 2 heterocycles. The minimum absolute atomic E-state index is 0.523. The zero-order valence-corrected chi connectivity index (χ0v) is 11.3. The standard InChI is InChI=1S/C13H21N3O2/c1-10-8-16(7-6-14-10)9-11-13(18-3)12(17-2)4-5-15-11/h4-5,10,14H,6-9H2,1-3H3/t10-/m1/s1. The molecule has 0 aromatic carbocycles. The summed E-state index contributed by atoms with van der Waals surface area (Å²) in [6.07, 6.45) is 1.77. The molecule has 1 aliphatic rings. The van der Waals surface area contributed by atoms with E-state index in [0.29, 0.717) is 6.04 Å². The smallest absolute Gasteiger partial charge is 0.183 e. The molecule has 0 saturated carbocycles. The Morgan fingerprint density at radius 2 is 2.28 bits per heavy atom. The highest BCUT2D eigenvalue weighted by atomic mass is 16.5. The molecule has 18 heavy (non-hydrogen) atoms. The summed E-state index contributed by atoms with van der Waals surface area (Å²) in [5.41, 5.74) is 0.936. The minimum atomic E-state index is 0.523. The van der Waals surface area contributed by atoms with Gasteiger partial charge in [-0.2, -0.15) is 0 Å². The second-order valence-electron chi connectivity index (χ2n) is 4.58. The number of nitrogens with zero attached hydrogens (tertiary/aromatic N) is 2. The lowest BCUT2D eigenvalue weighted by Crippen LogP contribution is -2.48. The van der Waals surface area contributed by atoms with Crippen LogP contribution < -0.4 is 14.8 Å². The quantitative estimate of drug-likeness (QED) is 0.861. The van der Waals surface area contributed by atoms with Gasteiger partial charge in [0, 0.05) is 44.5 Å². The van der Waals surface area contributed by atoms with Gasteiger partial charge in [0.1, 0.15) is 5.69 Å². The molecule has 5 heteroatoms. The third-order valence-corrected chi connectivity index (χ3v) is 3.19. The van der Waals surface area contributed by atoms with Crippen LogP contribution in [0.25, 0.3) is 0 Å². The van der Waals surface area contributed by atoms with Gasteiger partial charge in [-0.15, -0.1) is 0 Å². The van der Waals surface area contributed by atoms with E-state index in [2.05, 4.69) is 22.1 Å². The Balaban J connectivity index is 2.12. The number of methoxy groups -OCH3 is 2. The molecule has 1 aromatic heterocycles. The van der Waals surface area contributed by atoms with Crippen molar-refractivity contribution in [3.8, 4) is 11.5 Å². The predicted molar refractivity (Wildman–Crippen MR) is 70.1 cm³/mol. The first-order chi connectivity index (χ1) is 8.74. The fourth-order valence-electron chi connectivity index (χ4n) is 2.33. The molecular formula is C13H21N3O2. The van der Waals surface area contributed by atoms with Crippen molar-refractivity contribution >= 4 is 0 Å². The van der Waals surface area contributed by atoms with Crippen LogP contribution in [0.3, 0.4) is 0 Å². The first-order valence-corrected chi connectivity index (χ1v) is 6.26. The minimum Gasteiger partial charge on any atom is -0.493 e. The molecule has 0 spiro atoms. The van der Waals surface area contributed by atoms with E-state index in [1.165, 1.54) is 0 Å². The second kappa shape index (κ2) is 6.02. The van der Waals surface area contributed by atoms with Gasteiger partial charge in [-0.3, -0.25) is 9.88 Å². The van der Waals surface area contributed by atoms with E-state index in [1.807, 2.05) is 6.07 Å².